The fraction of sp³-hybridized carbons (Fsp3) is 1.00. The Morgan fingerprint density at radius 1 is 1.12 bits per heavy atom. The third-order valence-electron chi connectivity index (χ3n) is 3.81. The highest BCUT2D eigenvalue weighted by Gasteiger charge is 2.35. The maximum Gasteiger partial charge on any atom is 0.217 e. The van der Waals surface area contributed by atoms with Crippen LogP contribution in [0.25, 0.3) is 0 Å². The van der Waals surface area contributed by atoms with Gasteiger partial charge in [0.2, 0.25) is 10.0 Å². The molecule has 5 nitrogen and oxygen atoms in total. The molecule has 0 saturated carbocycles. The Bertz CT molecular complexity index is 333. The quantitative estimate of drug-likeness (QED) is 0.788. The molecule has 0 spiro atoms. The minimum absolute atomic E-state index is 0.128. The summed E-state index contributed by atoms with van der Waals surface area (Å²) in [6, 6.07) is 0.128. The SMILES string of the molecule is CN(C1CCOCC1)S(=O)(=O)C1CCNCC1. The number of hydrogen-bond donors (Lipinski definition) is 1. The van der Waals surface area contributed by atoms with Crippen LogP contribution in [0.3, 0.4) is 0 Å². The van der Waals surface area contributed by atoms with Gasteiger partial charge in [0.05, 0.1) is 5.25 Å². The first-order valence-corrected chi connectivity index (χ1v) is 7.88. The smallest absolute Gasteiger partial charge is 0.217 e. The van der Waals surface area contributed by atoms with Crippen molar-refractivity contribution < 1.29 is 13.2 Å². The maximum atomic E-state index is 12.4. The molecule has 2 aliphatic rings. The van der Waals surface area contributed by atoms with Crippen LogP contribution in [0.2, 0.25) is 0 Å². The van der Waals surface area contributed by atoms with Gasteiger partial charge in [0.25, 0.3) is 0 Å². The van der Waals surface area contributed by atoms with E-state index in [9.17, 15) is 8.42 Å². The molecule has 2 rings (SSSR count). The molecule has 2 heterocycles. The summed E-state index contributed by atoms with van der Waals surface area (Å²) in [6.45, 7) is 2.98. The van der Waals surface area contributed by atoms with E-state index in [1.54, 1.807) is 11.4 Å². The highest BCUT2D eigenvalue weighted by atomic mass is 32.2. The predicted octanol–water partition coefficient (Wildman–Crippen LogP) is 0.179. The van der Waals surface area contributed by atoms with E-state index in [4.69, 9.17) is 4.74 Å². The molecular weight excluding hydrogens is 240 g/mol. The Labute approximate surface area is 104 Å². The van der Waals surface area contributed by atoms with Crippen LogP contribution in [0, 0.1) is 0 Å². The van der Waals surface area contributed by atoms with Crippen molar-refractivity contribution in [2.45, 2.75) is 37.0 Å². The van der Waals surface area contributed by atoms with E-state index in [1.807, 2.05) is 0 Å². The molecule has 0 aromatic heterocycles. The van der Waals surface area contributed by atoms with Gasteiger partial charge in [0.15, 0.2) is 0 Å². The molecular formula is C11H22N2O3S. The number of rotatable bonds is 3. The number of ether oxygens (including phenoxy) is 1. The summed E-state index contributed by atoms with van der Waals surface area (Å²) in [5.41, 5.74) is 0. The van der Waals surface area contributed by atoms with Crippen LogP contribution in [0.5, 0.6) is 0 Å². The lowest BCUT2D eigenvalue weighted by molar-refractivity contribution is 0.0629. The molecule has 0 radical (unpaired) electrons. The summed E-state index contributed by atoms with van der Waals surface area (Å²) in [5, 5.41) is 3.00. The van der Waals surface area contributed by atoms with E-state index in [2.05, 4.69) is 5.32 Å². The van der Waals surface area contributed by atoms with Gasteiger partial charge in [-0.3, -0.25) is 0 Å². The van der Waals surface area contributed by atoms with Gasteiger partial charge in [-0.05, 0) is 38.8 Å². The highest BCUT2D eigenvalue weighted by molar-refractivity contribution is 7.89. The van der Waals surface area contributed by atoms with Crippen molar-refractivity contribution in [3.63, 3.8) is 0 Å². The van der Waals surface area contributed by atoms with Crippen LogP contribution in [-0.2, 0) is 14.8 Å². The minimum Gasteiger partial charge on any atom is -0.381 e. The van der Waals surface area contributed by atoms with Gasteiger partial charge in [-0.1, -0.05) is 0 Å². The van der Waals surface area contributed by atoms with Crippen LogP contribution in [0.4, 0.5) is 0 Å². The van der Waals surface area contributed by atoms with Gasteiger partial charge < -0.3 is 10.1 Å². The Balaban J connectivity index is 2.02. The first-order chi connectivity index (χ1) is 8.12. The predicted molar refractivity (Wildman–Crippen MR) is 66.4 cm³/mol. The molecule has 17 heavy (non-hydrogen) atoms. The van der Waals surface area contributed by atoms with E-state index < -0.39 is 10.0 Å². The first-order valence-electron chi connectivity index (χ1n) is 6.37. The second kappa shape index (κ2) is 5.65. The molecule has 2 saturated heterocycles. The molecule has 0 unspecified atom stereocenters. The van der Waals surface area contributed by atoms with Crippen molar-refractivity contribution in [3.8, 4) is 0 Å². The second-order valence-corrected chi connectivity index (χ2v) is 7.13. The van der Waals surface area contributed by atoms with E-state index in [1.165, 1.54) is 0 Å². The zero-order chi connectivity index (χ0) is 12.3. The summed E-state index contributed by atoms with van der Waals surface area (Å²) in [4.78, 5) is 0. The highest BCUT2D eigenvalue weighted by Crippen LogP contribution is 2.22. The molecule has 0 aromatic rings. The van der Waals surface area contributed by atoms with Crippen LogP contribution < -0.4 is 5.32 Å². The normalized spacial score (nSPS) is 25.3. The van der Waals surface area contributed by atoms with Gasteiger partial charge >= 0.3 is 0 Å². The third kappa shape index (κ3) is 2.99. The van der Waals surface area contributed by atoms with Gasteiger partial charge in [-0.15, -0.1) is 0 Å². The zero-order valence-electron chi connectivity index (χ0n) is 10.4. The number of hydrogen-bond acceptors (Lipinski definition) is 4. The molecule has 2 fully saturated rings. The summed E-state index contributed by atoms with van der Waals surface area (Å²) >= 11 is 0. The van der Waals surface area contributed by atoms with Crippen molar-refractivity contribution in [3.05, 3.63) is 0 Å². The third-order valence-corrected chi connectivity index (χ3v) is 6.23. The molecule has 100 valence electrons. The summed E-state index contributed by atoms with van der Waals surface area (Å²) in [5.74, 6) is 0. The zero-order valence-corrected chi connectivity index (χ0v) is 11.2. The topological polar surface area (TPSA) is 58.6 Å². The van der Waals surface area contributed by atoms with E-state index in [0.29, 0.717) is 13.2 Å². The molecule has 1 N–H and O–H groups in total. The number of nitrogens with one attached hydrogen (secondary N) is 1. The number of nitrogens with zero attached hydrogens (tertiary/aromatic N) is 1. The Morgan fingerprint density at radius 3 is 2.29 bits per heavy atom. The van der Waals surface area contributed by atoms with E-state index in [0.717, 1.165) is 38.8 Å². The van der Waals surface area contributed by atoms with Gasteiger partial charge in [0.1, 0.15) is 0 Å². The summed E-state index contributed by atoms with van der Waals surface area (Å²) in [6.07, 6.45) is 3.10. The fourth-order valence-electron chi connectivity index (χ4n) is 2.58. The van der Waals surface area contributed by atoms with Gasteiger partial charge in [-0.2, -0.15) is 0 Å². The summed E-state index contributed by atoms with van der Waals surface area (Å²) in [7, 11) is -1.39. The van der Waals surface area contributed by atoms with E-state index >= 15 is 0 Å². The molecule has 0 bridgehead atoms. The fourth-order valence-corrected chi connectivity index (χ4v) is 4.51. The Kier molecular flexibility index (Phi) is 4.41. The van der Waals surface area contributed by atoms with Crippen molar-refractivity contribution >= 4 is 10.0 Å². The lowest BCUT2D eigenvalue weighted by atomic mass is 10.1. The molecule has 0 amide bonds. The van der Waals surface area contributed by atoms with Gasteiger partial charge in [-0.25, -0.2) is 12.7 Å². The first kappa shape index (κ1) is 13.3. The standard InChI is InChI=1S/C11H22N2O3S/c1-13(10-4-8-16-9-5-10)17(14,15)11-2-6-12-7-3-11/h10-12H,2-9H2,1H3. The van der Waals surface area contributed by atoms with Crippen molar-refractivity contribution in [2.24, 2.45) is 0 Å². The Hall–Kier alpha value is -0.170. The average molecular weight is 262 g/mol. The molecule has 0 aliphatic carbocycles. The van der Waals surface area contributed by atoms with Crippen LogP contribution in [0.1, 0.15) is 25.7 Å². The van der Waals surface area contributed by atoms with Crippen molar-refractivity contribution in [1.29, 1.82) is 0 Å². The molecule has 0 aromatic carbocycles. The van der Waals surface area contributed by atoms with Crippen LogP contribution in [0.15, 0.2) is 0 Å². The second-order valence-electron chi connectivity index (χ2n) is 4.85. The van der Waals surface area contributed by atoms with Crippen LogP contribution in [-0.4, -0.2) is 57.4 Å². The Morgan fingerprint density at radius 2 is 1.71 bits per heavy atom. The largest absolute Gasteiger partial charge is 0.381 e. The van der Waals surface area contributed by atoms with Crippen LogP contribution >= 0.6 is 0 Å². The lowest BCUT2D eigenvalue weighted by Crippen LogP contribution is -2.47. The van der Waals surface area contributed by atoms with Crippen molar-refractivity contribution in [2.75, 3.05) is 33.4 Å². The molecule has 0 atom stereocenters. The number of piperidine rings is 1. The summed E-state index contributed by atoms with van der Waals surface area (Å²) < 4.78 is 31.8. The van der Waals surface area contributed by atoms with E-state index in [-0.39, 0.29) is 11.3 Å². The lowest BCUT2D eigenvalue weighted by Gasteiger charge is -2.34. The van der Waals surface area contributed by atoms with Gasteiger partial charge in [0, 0.05) is 26.3 Å². The number of sulfonamides is 1. The average Bonchev–Trinajstić information content (AvgIpc) is 2.40. The monoisotopic (exact) mass is 262 g/mol. The minimum atomic E-state index is -3.12. The molecule has 6 heteroatoms. The van der Waals surface area contributed by atoms with Crippen molar-refractivity contribution in [1.82, 2.24) is 9.62 Å². The maximum absolute atomic E-state index is 12.4. The molecule has 2 aliphatic heterocycles.